The number of rotatable bonds is 6. The minimum absolute atomic E-state index is 0.211. The fourth-order valence-corrected chi connectivity index (χ4v) is 3.14. The Hall–Kier alpha value is -1.12. The van der Waals surface area contributed by atoms with Crippen molar-refractivity contribution in [2.75, 3.05) is 32.7 Å². The maximum absolute atomic E-state index is 13.2. The predicted octanol–water partition coefficient (Wildman–Crippen LogP) is 1.63. The molecule has 0 bridgehead atoms. The van der Waals surface area contributed by atoms with Gasteiger partial charge in [0.2, 0.25) is 5.91 Å². The number of carbonyl (C=O) groups is 1. The molecule has 0 aliphatic carbocycles. The molecule has 8 heteroatoms. The molecule has 1 aliphatic heterocycles. The molecular weight excluding hydrogens is 315 g/mol. The summed E-state index contributed by atoms with van der Waals surface area (Å²) in [7, 11) is 0. The molecule has 1 fully saturated rings. The van der Waals surface area contributed by atoms with Crippen molar-refractivity contribution in [2.24, 2.45) is 0 Å². The second kappa shape index (κ2) is 7.94. The first kappa shape index (κ1) is 17.2. The molecule has 0 saturated carbocycles. The van der Waals surface area contributed by atoms with E-state index in [0.29, 0.717) is 32.6 Å². The van der Waals surface area contributed by atoms with Crippen LogP contribution in [0.4, 0.5) is 13.2 Å². The van der Waals surface area contributed by atoms with E-state index < -0.39 is 12.2 Å². The summed E-state index contributed by atoms with van der Waals surface area (Å²) in [4.78, 5) is 13.1. The lowest BCUT2D eigenvalue weighted by atomic mass is 10.1. The summed E-state index contributed by atoms with van der Waals surface area (Å²) in [5.74, 6) is -0.337. The van der Waals surface area contributed by atoms with Crippen molar-refractivity contribution in [1.82, 2.24) is 15.5 Å². The van der Waals surface area contributed by atoms with Crippen molar-refractivity contribution in [3.63, 3.8) is 0 Å². The Bertz CT molecular complexity index is 458. The molecule has 2 heterocycles. The summed E-state index contributed by atoms with van der Waals surface area (Å²) in [5, 5.41) is 9.31. The zero-order valence-electron chi connectivity index (χ0n) is 12.2. The van der Waals surface area contributed by atoms with E-state index >= 15 is 0 Å². The molecule has 2 rings (SSSR count). The molecule has 2 N–H and O–H groups in total. The number of alkyl halides is 3. The molecule has 124 valence electrons. The van der Waals surface area contributed by atoms with E-state index in [1.807, 2.05) is 16.8 Å². The molecule has 0 spiro atoms. The third-order valence-corrected chi connectivity index (χ3v) is 4.42. The zero-order chi connectivity index (χ0) is 16.0. The number of nitrogens with zero attached hydrogens (tertiary/aromatic N) is 1. The summed E-state index contributed by atoms with van der Waals surface area (Å²) in [5.41, 5.74) is 1.04. The molecule has 1 atom stereocenters. The Morgan fingerprint density at radius 1 is 1.41 bits per heavy atom. The smallest absolute Gasteiger partial charge is 0.354 e. The average molecular weight is 335 g/mol. The van der Waals surface area contributed by atoms with Crippen molar-refractivity contribution in [2.45, 2.75) is 25.1 Å². The van der Waals surface area contributed by atoms with Crippen molar-refractivity contribution in [3.05, 3.63) is 22.4 Å². The van der Waals surface area contributed by atoms with Crippen molar-refractivity contribution in [1.29, 1.82) is 0 Å². The van der Waals surface area contributed by atoms with Gasteiger partial charge in [0.25, 0.3) is 0 Å². The quantitative estimate of drug-likeness (QED) is 0.831. The normalized spacial score (nSPS) is 18.1. The molecule has 1 amide bonds. The largest absolute Gasteiger partial charge is 0.405 e. The molecule has 1 aromatic heterocycles. The number of hydrogen-bond donors (Lipinski definition) is 2. The van der Waals surface area contributed by atoms with Gasteiger partial charge in [0.1, 0.15) is 6.04 Å². The molecular formula is C14H20F3N3OS. The number of thiophene rings is 1. The number of aryl methyl sites for hydroxylation is 1. The second-order valence-electron chi connectivity index (χ2n) is 5.28. The van der Waals surface area contributed by atoms with E-state index in [0.717, 1.165) is 5.56 Å². The molecule has 1 unspecified atom stereocenters. The molecule has 1 aliphatic rings. The lowest BCUT2D eigenvalue weighted by molar-refractivity contribution is -0.184. The first-order valence-electron chi connectivity index (χ1n) is 7.26. The summed E-state index contributed by atoms with van der Waals surface area (Å²) >= 11 is 1.54. The topological polar surface area (TPSA) is 44.4 Å². The van der Waals surface area contributed by atoms with Crippen LogP contribution >= 0.6 is 11.3 Å². The number of amides is 1. The Morgan fingerprint density at radius 3 is 2.73 bits per heavy atom. The van der Waals surface area contributed by atoms with Gasteiger partial charge in [-0.3, -0.25) is 9.69 Å². The van der Waals surface area contributed by atoms with E-state index in [4.69, 9.17) is 0 Å². The van der Waals surface area contributed by atoms with Gasteiger partial charge < -0.3 is 10.6 Å². The Balaban J connectivity index is 1.81. The molecule has 4 nitrogen and oxygen atoms in total. The van der Waals surface area contributed by atoms with Gasteiger partial charge in [-0.15, -0.1) is 0 Å². The van der Waals surface area contributed by atoms with Crippen LogP contribution in [0.25, 0.3) is 0 Å². The van der Waals surface area contributed by atoms with Gasteiger partial charge in [-0.05, 0) is 28.8 Å². The number of piperazine rings is 1. The third-order valence-electron chi connectivity index (χ3n) is 3.68. The summed E-state index contributed by atoms with van der Waals surface area (Å²) in [6.07, 6.45) is -3.57. The van der Waals surface area contributed by atoms with Crippen molar-refractivity contribution < 1.29 is 18.0 Å². The van der Waals surface area contributed by atoms with E-state index in [9.17, 15) is 18.0 Å². The van der Waals surface area contributed by atoms with Gasteiger partial charge >= 0.3 is 6.18 Å². The molecule has 0 radical (unpaired) electrons. The van der Waals surface area contributed by atoms with Crippen molar-refractivity contribution >= 4 is 17.2 Å². The Kier molecular flexibility index (Phi) is 6.22. The van der Waals surface area contributed by atoms with Gasteiger partial charge in [0.05, 0.1) is 0 Å². The van der Waals surface area contributed by atoms with Crippen LogP contribution in [-0.4, -0.2) is 55.7 Å². The van der Waals surface area contributed by atoms with Gasteiger partial charge in [-0.25, -0.2) is 0 Å². The highest BCUT2D eigenvalue weighted by atomic mass is 32.1. The van der Waals surface area contributed by atoms with Crippen LogP contribution in [0.2, 0.25) is 0 Å². The maximum atomic E-state index is 13.2. The van der Waals surface area contributed by atoms with Gasteiger partial charge in [-0.2, -0.15) is 24.5 Å². The maximum Gasteiger partial charge on any atom is 0.405 e. The SMILES string of the molecule is O=C(CCc1ccsc1)NCC(N1CCNCC1)C(F)(F)F. The van der Waals surface area contributed by atoms with Crippen LogP contribution in [0.3, 0.4) is 0 Å². The van der Waals surface area contributed by atoms with Crippen molar-refractivity contribution in [3.8, 4) is 0 Å². The lowest BCUT2D eigenvalue weighted by Gasteiger charge is -2.35. The van der Waals surface area contributed by atoms with Crippen LogP contribution in [0.15, 0.2) is 16.8 Å². The van der Waals surface area contributed by atoms with Crippen LogP contribution in [0, 0.1) is 0 Å². The summed E-state index contributed by atoms with van der Waals surface area (Å²) in [6, 6.07) is 0.302. The predicted molar refractivity (Wildman–Crippen MR) is 79.9 cm³/mol. The van der Waals surface area contributed by atoms with E-state index in [1.165, 1.54) is 16.2 Å². The summed E-state index contributed by atoms with van der Waals surface area (Å²) < 4.78 is 39.5. The fourth-order valence-electron chi connectivity index (χ4n) is 2.44. The zero-order valence-corrected chi connectivity index (χ0v) is 13.0. The second-order valence-corrected chi connectivity index (χ2v) is 6.06. The fraction of sp³-hybridized carbons (Fsp3) is 0.643. The van der Waals surface area contributed by atoms with Gasteiger partial charge in [0.15, 0.2) is 0 Å². The highest BCUT2D eigenvalue weighted by Gasteiger charge is 2.43. The first-order valence-corrected chi connectivity index (χ1v) is 8.20. The highest BCUT2D eigenvalue weighted by Crippen LogP contribution is 2.24. The number of carbonyl (C=O) groups excluding carboxylic acids is 1. The third kappa shape index (κ3) is 5.26. The highest BCUT2D eigenvalue weighted by molar-refractivity contribution is 7.07. The van der Waals surface area contributed by atoms with Crippen LogP contribution in [-0.2, 0) is 11.2 Å². The minimum Gasteiger partial charge on any atom is -0.354 e. The number of hydrogen-bond acceptors (Lipinski definition) is 4. The lowest BCUT2D eigenvalue weighted by Crippen LogP contribution is -2.57. The van der Waals surface area contributed by atoms with E-state index in [-0.39, 0.29) is 18.9 Å². The number of halogens is 3. The van der Waals surface area contributed by atoms with E-state index in [2.05, 4.69) is 10.6 Å². The average Bonchev–Trinajstić information content (AvgIpc) is 2.98. The summed E-state index contributed by atoms with van der Waals surface area (Å²) in [6.45, 7) is 1.38. The first-order chi connectivity index (χ1) is 10.5. The standard InChI is InChI=1S/C14H20F3N3OS/c15-14(16,17)12(20-6-4-18-5-7-20)9-19-13(21)2-1-11-3-8-22-10-11/h3,8,10,12,18H,1-2,4-7,9H2,(H,19,21). The van der Waals surface area contributed by atoms with Gasteiger partial charge in [-0.1, -0.05) is 0 Å². The van der Waals surface area contributed by atoms with E-state index in [1.54, 1.807) is 0 Å². The van der Waals surface area contributed by atoms with Crippen LogP contribution in [0.5, 0.6) is 0 Å². The number of nitrogens with one attached hydrogen (secondary N) is 2. The Labute approximate surface area is 131 Å². The monoisotopic (exact) mass is 335 g/mol. The molecule has 0 aromatic carbocycles. The van der Waals surface area contributed by atoms with Gasteiger partial charge in [0, 0.05) is 39.1 Å². The molecule has 1 saturated heterocycles. The van der Waals surface area contributed by atoms with Crippen LogP contribution < -0.4 is 10.6 Å². The molecule has 22 heavy (non-hydrogen) atoms. The minimum atomic E-state index is -4.34. The molecule has 1 aromatic rings. The Morgan fingerprint density at radius 2 is 2.14 bits per heavy atom. The van der Waals surface area contributed by atoms with Crippen LogP contribution in [0.1, 0.15) is 12.0 Å².